The number of hydrogen-bond acceptors (Lipinski definition) is 7. The molecule has 2 heterocycles. The molecule has 0 amide bonds. The Morgan fingerprint density at radius 1 is 1.00 bits per heavy atom. The van der Waals surface area contributed by atoms with Gasteiger partial charge in [-0.25, -0.2) is 9.59 Å². The Labute approximate surface area is 207 Å². The van der Waals surface area contributed by atoms with Crippen LogP contribution in [0.2, 0.25) is 0 Å². The fourth-order valence-corrected chi connectivity index (χ4v) is 4.33. The number of ether oxygens (including phenoxy) is 2. The van der Waals surface area contributed by atoms with Gasteiger partial charge in [0.1, 0.15) is 5.75 Å². The summed E-state index contributed by atoms with van der Waals surface area (Å²) in [6.45, 7) is 2.76. The molecule has 35 heavy (non-hydrogen) atoms. The van der Waals surface area contributed by atoms with Gasteiger partial charge in [0.25, 0.3) is 0 Å². The van der Waals surface area contributed by atoms with E-state index in [1.54, 1.807) is 37.4 Å². The van der Waals surface area contributed by atoms with Crippen molar-refractivity contribution in [3.05, 3.63) is 82.2 Å². The predicted molar refractivity (Wildman–Crippen MR) is 137 cm³/mol. The van der Waals surface area contributed by atoms with Crippen LogP contribution in [0.1, 0.15) is 56.6 Å². The van der Waals surface area contributed by atoms with Gasteiger partial charge in [-0.3, -0.25) is 4.79 Å². The third-order valence-corrected chi connectivity index (χ3v) is 6.34. The van der Waals surface area contributed by atoms with Crippen LogP contribution < -0.4 is 10.1 Å². The van der Waals surface area contributed by atoms with Gasteiger partial charge in [0.2, 0.25) is 0 Å². The van der Waals surface area contributed by atoms with Gasteiger partial charge in [-0.05, 0) is 73.7 Å². The summed E-state index contributed by atoms with van der Waals surface area (Å²) in [5.41, 5.74) is 2.52. The molecule has 180 valence electrons. The Morgan fingerprint density at radius 3 is 2.57 bits per heavy atom. The number of ketones is 1. The van der Waals surface area contributed by atoms with Gasteiger partial charge in [-0.1, -0.05) is 6.07 Å². The number of carbonyl (C=O) groups is 3. The van der Waals surface area contributed by atoms with Gasteiger partial charge in [0.15, 0.2) is 5.78 Å². The number of carbonyl (C=O) groups excluding carboxylic acids is 3. The molecule has 7 nitrogen and oxygen atoms in total. The summed E-state index contributed by atoms with van der Waals surface area (Å²) in [6, 6.07) is 15.8. The number of esters is 2. The minimum Gasteiger partial charge on any atom is -0.462 e. The van der Waals surface area contributed by atoms with E-state index in [0.717, 1.165) is 40.9 Å². The standard InChI is InChI=1S/C27H26N2O5S/c1-2-33-26(31)18-8-11-20(12-9-18)34-27(32)22-17-29-23-13-10-19(16-21(22)23)28-14-4-3-6-24(30)25-7-5-15-35-25/h5,7-13,15-17,28-29H,2-4,6,14H2,1H3. The predicted octanol–water partition coefficient (Wildman–Crippen LogP) is 6.09. The van der Waals surface area contributed by atoms with Crippen LogP contribution in [-0.2, 0) is 4.74 Å². The molecular formula is C27H26N2O5S. The van der Waals surface area contributed by atoms with Gasteiger partial charge < -0.3 is 19.8 Å². The van der Waals surface area contributed by atoms with E-state index < -0.39 is 11.9 Å². The minimum atomic E-state index is -0.496. The molecule has 2 aromatic carbocycles. The molecule has 0 aliphatic carbocycles. The Kier molecular flexibility index (Phi) is 7.95. The Bertz CT molecular complexity index is 1310. The SMILES string of the molecule is CCOC(=O)c1ccc(OC(=O)c2c[nH]c3ccc(NCCCCC(=O)c4cccs4)cc23)cc1. The van der Waals surface area contributed by atoms with E-state index in [4.69, 9.17) is 9.47 Å². The van der Waals surface area contributed by atoms with Crippen molar-refractivity contribution in [3.63, 3.8) is 0 Å². The first-order valence-electron chi connectivity index (χ1n) is 11.5. The highest BCUT2D eigenvalue weighted by molar-refractivity contribution is 7.12. The molecule has 0 unspecified atom stereocenters. The number of aromatic amines is 1. The van der Waals surface area contributed by atoms with E-state index in [1.807, 2.05) is 35.7 Å². The molecule has 8 heteroatoms. The highest BCUT2D eigenvalue weighted by Crippen LogP contribution is 2.24. The van der Waals surface area contributed by atoms with Crippen molar-refractivity contribution in [2.75, 3.05) is 18.5 Å². The molecule has 0 saturated heterocycles. The quantitative estimate of drug-likeness (QED) is 0.114. The molecule has 0 bridgehead atoms. The lowest BCUT2D eigenvalue weighted by Gasteiger charge is -2.08. The molecule has 2 N–H and O–H groups in total. The molecule has 4 rings (SSSR count). The molecule has 0 radical (unpaired) electrons. The van der Waals surface area contributed by atoms with E-state index in [9.17, 15) is 14.4 Å². The van der Waals surface area contributed by atoms with E-state index in [0.29, 0.717) is 29.9 Å². The first-order valence-corrected chi connectivity index (χ1v) is 12.3. The van der Waals surface area contributed by atoms with E-state index in [1.165, 1.54) is 11.3 Å². The normalized spacial score (nSPS) is 10.8. The summed E-state index contributed by atoms with van der Waals surface area (Å²) >= 11 is 1.48. The van der Waals surface area contributed by atoms with Crippen LogP contribution in [0.3, 0.4) is 0 Å². The van der Waals surface area contributed by atoms with Crippen molar-refractivity contribution in [1.29, 1.82) is 0 Å². The second kappa shape index (κ2) is 11.5. The maximum Gasteiger partial charge on any atom is 0.345 e. The van der Waals surface area contributed by atoms with Gasteiger partial charge in [0, 0.05) is 35.8 Å². The lowest BCUT2D eigenvalue weighted by molar-refractivity contribution is 0.0526. The number of aromatic nitrogens is 1. The van der Waals surface area contributed by atoms with Crippen molar-refractivity contribution in [1.82, 2.24) is 4.98 Å². The second-order valence-corrected chi connectivity index (χ2v) is 8.83. The molecule has 0 aliphatic rings. The zero-order valence-electron chi connectivity index (χ0n) is 19.3. The lowest BCUT2D eigenvalue weighted by Crippen LogP contribution is -2.09. The van der Waals surface area contributed by atoms with Gasteiger partial charge in [-0.15, -0.1) is 11.3 Å². The number of fused-ring (bicyclic) bond motifs is 1. The fourth-order valence-electron chi connectivity index (χ4n) is 3.64. The van der Waals surface area contributed by atoms with Crippen molar-refractivity contribution in [3.8, 4) is 5.75 Å². The lowest BCUT2D eigenvalue weighted by atomic mass is 10.1. The zero-order valence-corrected chi connectivity index (χ0v) is 20.2. The first kappa shape index (κ1) is 24.2. The molecule has 4 aromatic rings. The molecular weight excluding hydrogens is 464 g/mol. The third kappa shape index (κ3) is 6.16. The smallest absolute Gasteiger partial charge is 0.345 e. The summed E-state index contributed by atoms with van der Waals surface area (Å²) in [7, 11) is 0. The second-order valence-electron chi connectivity index (χ2n) is 7.88. The number of rotatable bonds is 11. The number of nitrogens with one attached hydrogen (secondary N) is 2. The highest BCUT2D eigenvalue weighted by Gasteiger charge is 2.16. The maximum absolute atomic E-state index is 12.8. The molecule has 0 saturated carbocycles. The number of benzene rings is 2. The third-order valence-electron chi connectivity index (χ3n) is 5.43. The van der Waals surface area contributed by atoms with Crippen molar-refractivity contribution < 1.29 is 23.9 Å². The largest absolute Gasteiger partial charge is 0.462 e. The van der Waals surface area contributed by atoms with E-state index in [2.05, 4.69) is 10.3 Å². The number of thiophene rings is 1. The number of anilines is 1. The molecule has 0 spiro atoms. The van der Waals surface area contributed by atoms with Gasteiger partial charge in [0.05, 0.1) is 22.6 Å². The Morgan fingerprint density at radius 2 is 1.83 bits per heavy atom. The highest BCUT2D eigenvalue weighted by atomic mass is 32.1. The summed E-state index contributed by atoms with van der Waals surface area (Å²) in [6.07, 6.45) is 3.83. The topological polar surface area (TPSA) is 97.5 Å². The first-order chi connectivity index (χ1) is 17.0. The van der Waals surface area contributed by atoms with Crippen LogP contribution in [0.25, 0.3) is 10.9 Å². The molecule has 0 fully saturated rings. The average Bonchev–Trinajstić information content (AvgIpc) is 3.54. The van der Waals surface area contributed by atoms with E-state index >= 15 is 0 Å². The van der Waals surface area contributed by atoms with E-state index in [-0.39, 0.29) is 5.78 Å². The van der Waals surface area contributed by atoms with Crippen LogP contribution in [-0.4, -0.2) is 35.9 Å². The van der Waals surface area contributed by atoms with Crippen LogP contribution in [0.15, 0.2) is 66.2 Å². The molecule has 0 aliphatic heterocycles. The number of H-pyrrole nitrogens is 1. The van der Waals surface area contributed by atoms with Gasteiger partial charge in [-0.2, -0.15) is 0 Å². The van der Waals surface area contributed by atoms with Crippen molar-refractivity contribution in [2.24, 2.45) is 0 Å². The molecule has 2 aromatic heterocycles. The minimum absolute atomic E-state index is 0.187. The van der Waals surface area contributed by atoms with Crippen LogP contribution in [0.5, 0.6) is 5.75 Å². The summed E-state index contributed by atoms with van der Waals surface area (Å²) in [4.78, 5) is 40.6. The monoisotopic (exact) mass is 490 g/mol. The Hall–Kier alpha value is -3.91. The summed E-state index contributed by atoms with van der Waals surface area (Å²) in [5.74, 6) is -0.392. The fraction of sp³-hybridized carbons (Fsp3) is 0.222. The maximum atomic E-state index is 12.8. The zero-order chi connectivity index (χ0) is 24.6. The van der Waals surface area contributed by atoms with Crippen molar-refractivity contribution >= 4 is 45.6 Å². The Balaban J connectivity index is 1.33. The molecule has 0 atom stereocenters. The van der Waals surface area contributed by atoms with Crippen LogP contribution in [0, 0.1) is 0 Å². The number of hydrogen-bond donors (Lipinski definition) is 2. The van der Waals surface area contributed by atoms with Crippen molar-refractivity contribution in [2.45, 2.75) is 26.2 Å². The van der Waals surface area contributed by atoms with Crippen LogP contribution >= 0.6 is 11.3 Å². The number of Topliss-reactive ketones (excluding diaryl/α,β-unsaturated/α-hetero) is 1. The summed E-state index contributed by atoms with van der Waals surface area (Å²) < 4.78 is 10.5. The van der Waals surface area contributed by atoms with Gasteiger partial charge >= 0.3 is 11.9 Å². The average molecular weight is 491 g/mol. The number of unbranched alkanes of at least 4 members (excludes halogenated alkanes) is 1. The van der Waals surface area contributed by atoms with Crippen LogP contribution in [0.4, 0.5) is 5.69 Å². The summed E-state index contributed by atoms with van der Waals surface area (Å²) in [5, 5.41) is 6.02.